The van der Waals surface area contributed by atoms with Crippen LogP contribution in [0.1, 0.15) is 32.9 Å². The van der Waals surface area contributed by atoms with Crippen molar-refractivity contribution in [3.63, 3.8) is 0 Å². The highest BCUT2D eigenvalue weighted by Crippen LogP contribution is 2.31. The van der Waals surface area contributed by atoms with E-state index in [1.165, 1.54) is 36.4 Å². The van der Waals surface area contributed by atoms with E-state index in [0.717, 1.165) is 17.7 Å². The van der Waals surface area contributed by atoms with Crippen molar-refractivity contribution in [2.75, 3.05) is 10.0 Å². The third-order valence-corrected chi connectivity index (χ3v) is 6.88. The molecule has 198 valence electrons. The molecule has 2 N–H and O–H groups in total. The number of sulfonamides is 1. The number of hydrogen-bond donors (Lipinski definition) is 2. The zero-order chi connectivity index (χ0) is 27.5. The van der Waals surface area contributed by atoms with Crippen LogP contribution in [0.25, 0.3) is 0 Å². The lowest BCUT2D eigenvalue weighted by molar-refractivity contribution is -0.137. The number of nitrogens with zero attached hydrogens (tertiary/aromatic N) is 1. The van der Waals surface area contributed by atoms with Crippen LogP contribution in [0.4, 0.5) is 24.5 Å². The Bertz CT molecular complexity index is 1560. The number of hydrogen-bond acceptors (Lipinski definition) is 6. The Labute approximate surface area is 216 Å². The molecule has 0 aliphatic rings. The fourth-order valence-electron chi connectivity index (χ4n) is 3.51. The number of aromatic nitrogens is 1. The molecule has 1 heterocycles. The maximum atomic E-state index is 13.0. The second-order valence-corrected chi connectivity index (χ2v) is 9.97. The number of rotatable bonds is 8. The predicted molar refractivity (Wildman–Crippen MR) is 133 cm³/mol. The Morgan fingerprint density at radius 1 is 0.974 bits per heavy atom. The first-order valence-corrected chi connectivity index (χ1v) is 12.7. The second kappa shape index (κ2) is 10.6. The summed E-state index contributed by atoms with van der Waals surface area (Å²) < 4.78 is 77.5. The summed E-state index contributed by atoms with van der Waals surface area (Å²) in [5.41, 5.74) is 0.699. The van der Waals surface area contributed by atoms with Crippen molar-refractivity contribution >= 4 is 27.3 Å². The van der Waals surface area contributed by atoms with Gasteiger partial charge in [-0.15, -0.1) is 0 Å². The first-order valence-electron chi connectivity index (χ1n) is 11.2. The lowest BCUT2D eigenvalue weighted by Gasteiger charge is -2.12. The molecule has 8 nitrogen and oxygen atoms in total. The minimum atomic E-state index is -4.62. The average Bonchev–Trinajstić information content (AvgIpc) is 3.19. The van der Waals surface area contributed by atoms with Gasteiger partial charge in [-0.2, -0.15) is 13.2 Å². The van der Waals surface area contributed by atoms with Gasteiger partial charge in [0.05, 0.1) is 21.7 Å². The van der Waals surface area contributed by atoms with Crippen molar-refractivity contribution in [3.05, 3.63) is 101 Å². The third kappa shape index (κ3) is 6.32. The number of halogens is 3. The van der Waals surface area contributed by atoms with Crippen LogP contribution in [-0.2, 0) is 22.8 Å². The van der Waals surface area contributed by atoms with E-state index in [1.54, 1.807) is 32.0 Å². The summed E-state index contributed by atoms with van der Waals surface area (Å²) in [4.78, 5) is 12.6. The molecule has 4 rings (SSSR count). The van der Waals surface area contributed by atoms with E-state index in [0.29, 0.717) is 23.3 Å². The highest BCUT2D eigenvalue weighted by atomic mass is 32.2. The van der Waals surface area contributed by atoms with Crippen molar-refractivity contribution in [1.29, 1.82) is 0 Å². The van der Waals surface area contributed by atoms with Crippen molar-refractivity contribution in [2.24, 2.45) is 0 Å². The summed E-state index contributed by atoms with van der Waals surface area (Å²) in [5, 5.41) is 6.49. The van der Waals surface area contributed by atoms with Crippen LogP contribution >= 0.6 is 0 Å². The fraction of sp³-hybridized carbons (Fsp3) is 0.154. The number of alkyl halides is 3. The summed E-state index contributed by atoms with van der Waals surface area (Å²) >= 11 is 0. The van der Waals surface area contributed by atoms with E-state index in [-0.39, 0.29) is 28.4 Å². The summed E-state index contributed by atoms with van der Waals surface area (Å²) in [7, 11) is -4.24. The number of ether oxygens (including phenoxy) is 1. The second-order valence-electron chi connectivity index (χ2n) is 8.29. The van der Waals surface area contributed by atoms with Crippen LogP contribution in [0.2, 0.25) is 0 Å². The lowest BCUT2D eigenvalue weighted by Crippen LogP contribution is -2.15. The Kier molecular flexibility index (Phi) is 7.44. The van der Waals surface area contributed by atoms with Crippen molar-refractivity contribution in [2.45, 2.75) is 31.5 Å². The smallest absolute Gasteiger partial charge is 0.416 e. The number of anilines is 2. The highest BCUT2D eigenvalue weighted by Gasteiger charge is 2.30. The zero-order valence-corrected chi connectivity index (χ0v) is 21.0. The topological polar surface area (TPSA) is 111 Å². The first-order chi connectivity index (χ1) is 17.9. The number of carbonyl (C=O) groups is 1. The average molecular weight is 546 g/mol. The number of nitrogens with one attached hydrogen (secondary N) is 2. The van der Waals surface area contributed by atoms with Gasteiger partial charge in [-0.25, -0.2) is 8.42 Å². The van der Waals surface area contributed by atoms with Crippen LogP contribution in [-0.4, -0.2) is 19.5 Å². The Hall–Kier alpha value is -4.32. The van der Waals surface area contributed by atoms with Gasteiger partial charge in [0.15, 0.2) is 0 Å². The SMILES string of the molecule is Cc1noc(C)c1COc1cccc(C(=O)Nc2cccc(S(=O)(=O)Nc3cccc(C(F)(F)F)c3)c2)c1. The minimum Gasteiger partial charge on any atom is -0.489 e. The molecule has 3 aromatic carbocycles. The fourth-order valence-corrected chi connectivity index (χ4v) is 4.60. The van der Waals surface area contributed by atoms with E-state index >= 15 is 0 Å². The van der Waals surface area contributed by atoms with Crippen LogP contribution in [0.15, 0.2) is 82.2 Å². The van der Waals surface area contributed by atoms with Crippen LogP contribution in [0, 0.1) is 13.8 Å². The van der Waals surface area contributed by atoms with Crippen LogP contribution in [0.3, 0.4) is 0 Å². The largest absolute Gasteiger partial charge is 0.489 e. The molecular weight excluding hydrogens is 523 g/mol. The Balaban J connectivity index is 1.46. The molecule has 1 amide bonds. The quantitative estimate of drug-likeness (QED) is 0.284. The van der Waals surface area contributed by atoms with E-state index in [2.05, 4.69) is 15.2 Å². The van der Waals surface area contributed by atoms with Gasteiger partial charge >= 0.3 is 6.18 Å². The Morgan fingerprint density at radius 3 is 2.39 bits per heavy atom. The molecule has 1 aromatic heterocycles. The first kappa shape index (κ1) is 26.7. The molecule has 0 radical (unpaired) electrons. The molecule has 4 aromatic rings. The molecule has 0 fully saturated rings. The maximum absolute atomic E-state index is 13.0. The molecule has 0 bridgehead atoms. The van der Waals surface area contributed by atoms with Crippen LogP contribution in [0.5, 0.6) is 5.75 Å². The highest BCUT2D eigenvalue weighted by molar-refractivity contribution is 7.92. The summed E-state index contributed by atoms with van der Waals surface area (Å²) in [6.07, 6.45) is -4.62. The van der Waals surface area contributed by atoms with E-state index < -0.39 is 27.7 Å². The Morgan fingerprint density at radius 2 is 1.68 bits per heavy atom. The van der Waals surface area contributed by atoms with Crippen molar-refractivity contribution in [1.82, 2.24) is 5.16 Å². The number of amides is 1. The van der Waals surface area contributed by atoms with Gasteiger partial charge in [0.1, 0.15) is 18.1 Å². The van der Waals surface area contributed by atoms with Gasteiger partial charge in [-0.1, -0.05) is 23.4 Å². The monoisotopic (exact) mass is 545 g/mol. The van der Waals surface area contributed by atoms with Crippen LogP contribution < -0.4 is 14.8 Å². The predicted octanol–water partition coefficient (Wildman–Crippen LogP) is 5.94. The molecule has 0 spiro atoms. The van der Waals surface area contributed by atoms with Gasteiger partial charge in [-0.05, 0) is 68.4 Å². The van der Waals surface area contributed by atoms with Gasteiger partial charge in [0, 0.05) is 16.9 Å². The summed E-state index contributed by atoms with van der Waals surface area (Å²) in [5.74, 6) is 0.543. The van der Waals surface area contributed by atoms with Gasteiger partial charge in [-0.3, -0.25) is 9.52 Å². The minimum absolute atomic E-state index is 0.170. The molecule has 0 aliphatic heterocycles. The summed E-state index contributed by atoms with van der Waals surface area (Å²) in [6.45, 7) is 3.76. The van der Waals surface area contributed by atoms with Gasteiger partial charge in [0.25, 0.3) is 15.9 Å². The number of carbonyl (C=O) groups excluding carboxylic acids is 1. The zero-order valence-electron chi connectivity index (χ0n) is 20.2. The van der Waals surface area contributed by atoms with Gasteiger partial charge < -0.3 is 14.6 Å². The normalized spacial score (nSPS) is 11.7. The summed E-state index contributed by atoms with van der Waals surface area (Å²) in [6, 6.07) is 15.6. The molecule has 0 unspecified atom stereocenters. The molecule has 0 saturated carbocycles. The molecule has 38 heavy (non-hydrogen) atoms. The molecular formula is C26H22F3N3O5S. The van der Waals surface area contributed by atoms with Crippen molar-refractivity contribution in [3.8, 4) is 5.75 Å². The molecule has 0 aliphatic carbocycles. The molecule has 0 atom stereocenters. The van der Waals surface area contributed by atoms with E-state index in [9.17, 15) is 26.4 Å². The standard InChI is InChI=1S/C26H22F3N3O5S/c1-16-24(17(2)37-31-16)15-36-22-10-3-6-18(12-22)25(33)30-20-8-5-11-23(14-20)38(34,35)32-21-9-4-7-19(13-21)26(27,28)29/h3-14,32H,15H2,1-2H3,(H,30,33). The number of aryl methyl sites for hydroxylation is 2. The molecule has 12 heteroatoms. The number of benzene rings is 3. The van der Waals surface area contributed by atoms with Gasteiger partial charge in [0.2, 0.25) is 0 Å². The van der Waals surface area contributed by atoms with E-state index in [1.807, 2.05) is 0 Å². The maximum Gasteiger partial charge on any atom is 0.416 e. The lowest BCUT2D eigenvalue weighted by atomic mass is 10.2. The van der Waals surface area contributed by atoms with Crippen molar-refractivity contribution < 1.29 is 35.6 Å². The van der Waals surface area contributed by atoms with E-state index in [4.69, 9.17) is 9.26 Å². The molecule has 0 saturated heterocycles. The third-order valence-electron chi connectivity index (χ3n) is 5.50.